The zero-order chi connectivity index (χ0) is 20.3. The molecule has 152 valence electrons. The first kappa shape index (κ1) is 20.4. The van der Waals surface area contributed by atoms with Crippen LogP contribution in [0.3, 0.4) is 0 Å². The standard InChI is InChI=1S/C22H30FN3O2/c1-15(12-26-18(4)16(2)17(3)24-26)22(27)25-11-5-6-19(13-25)14-28-21-9-7-20(23)8-10-21/h7-10,15,19H,5-6,11-14H2,1-4H3/t15-,19-/m0/s1. The highest BCUT2D eigenvalue weighted by atomic mass is 19.1. The van der Waals surface area contributed by atoms with Gasteiger partial charge in [-0.25, -0.2) is 4.39 Å². The van der Waals surface area contributed by atoms with Crippen LogP contribution in [0.2, 0.25) is 0 Å². The Morgan fingerprint density at radius 1 is 1.29 bits per heavy atom. The number of piperidine rings is 1. The summed E-state index contributed by atoms with van der Waals surface area (Å²) in [5.41, 5.74) is 3.34. The molecule has 1 aromatic heterocycles. The molecule has 2 heterocycles. The third-order valence-electron chi connectivity index (χ3n) is 5.74. The van der Waals surface area contributed by atoms with Crippen LogP contribution in [0.5, 0.6) is 5.75 Å². The Labute approximate surface area is 166 Å². The lowest BCUT2D eigenvalue weighted by Crippen LogP contribution is -2.44. The molecular weight excluding hydrogens is 357 g/mol. The Bertz CT molecular complexity index is 816. The minimum atomic E-state index is -0.270. The Morgan fingerprint density at radius 2 is 2.00 bits per heavy atom. The topological polar surface area (TPSA) is 47.4 Å². The monoisotopic (exact) mass is 387 g/mol. The number of amides is 1. The predicted molar refractivity (Wildman–Crippen MR) is 107 cm³/mol. The molecule has 0 spiro atoms. The Balaban J connectivity index is 1.54. The molecular formula is C22H30FN3O2. The van der Waals surface area contributed by atoms with Crippen molar-refractivity contribution in [3.63, 3.8) is 0 Å². The second-order valence-corrected chi connectivity index (χ2v) is 7.94. The number of halogens is 1. The fraction of sp³-hybridized carbons (Fsp3) is 0.545. The van der Waals surface area contributed by atoms with Crippen molar-refractivity contribution < 1.29 is 13.9 Å². The second-order valence-electron chi connectivity index (χ2n) is 7.94. The fourth-order valence-electron chi connectivity index (χ4n) is 3.76. The van der Waals surface area contributed by atoms with E-state index in [1.54, 1.807) is 12.1 Å². The van der Waals surface area contributed by atoms with Crippen molar-refractivity contribution in [3.8, 4) is 5.75 Å². The number of likely N-dealkylation sites (tertiary alicyclic amines) is 1. The van der Waals surface area contributed by atoms with E-state index in [9.17, 15) is 9.18 Å². The van der Waals surface area contributed by atoms with Crippen LogP contribution >= 0.6 is 0 Å². The van der Waals surface area contributed by atoms with Gasteiger partial charge in [-0.05, 0) is 63.4 Å². The minimum Gasteiger partial charge on any atom is -0.493 e. The molecule has 5 nitrogen and oxygen atoms in total. The van der Waals surface area contributed by atoms with Crippen LogP contribution in [0.25, 0.3) is 0 Å². The van der Waals surface area contributed by atoms with E-state index in [4.69, 9.17) is 4.74 Å². The number of rotatable bonds is 6. The van der Waals surface area contributed by atoms with Gasteiger partial charge in [0.1, 0.15) is 11.6 Å². The summed E-state index contributed by atoms with van der Waals surface area (Å²) >= 11 is 0. The summed E-state index contributed by atoms with van der Waals surface area (Å²) in [7, 11) is 0. The summed E-state index contributed by atoms with van der Waals surface area (Å²) in [4.78, 5) is 14.9. The van der Waals surface area contributed by atoms with E-state index in [0.29, 0.717) is 31.4 Å². The summed E-state index contributed by atoms with van der Waals surface area (Å²) in [6.07, 6.45) is 2.02. The van der Waals surface area contributed by atoms with E-state index in [1.165, 1.54) is 17.7 Å². The van der Waals surface area contributed by atoms with Gasteiger partial charge in [0.15, 0.2) is 0 Å². The molecule has 28 heavy (non-hydrogen) atoms. The van der Waals surface area contributed by atoms with Crippen LogP contribution in [-0.4, -0.2) is 40.3 Å². The Hall–Kier alpha value is -2.37. The first-order valence-electron chi connectivity index (χ1n) is 10.0. The zero-order valence-corrected chi connectivity index (χ0v) is 17.2. The van der Waals surface area contributed by atoms with Crippen LogP contribution in [0.1, 0.15) is 36.7 Å². The molecule has 2 aromatic rings. The van der Waals surface area contributed by atoms with Gasteiger partial charge in [0, 0.05) is 24.7 Å². The van der Waals surface area contributed by atoms with Crippen molar-refractivity contribution in [1.29, 1.82) is 0 Å². The van der Waals surface area contributed by atoms with Crippen LogP contribution in [0, 0.1) is 38.4 Å². The maximum atomic E-state index is 13.0. The number of carbonyl (C=O) groups excluding carboxylic acids is 1. The molecule has 1 aliphatic heterocycles. The molecule has 3 rings (SSSR count). The van der Waals surface area contributed by atoms with Gasteiger partial charge in [0.25, 0.3) is 0 Å². The molecule has 1 aliphatic rings. The number of carbonyl (C=O) groups is 1. The van der Waals surface area contributed by atoms with Gasteiger partial charge in [-0.2, -0.15) is 5.10 Å². The molecule has 1 saturated heterocycles. The maximum absolute atomic E-state index is 13.0. The zero-order valence-electron chi connectivity index (χ0n) is 17.2. The number of hydrogen-bond donors (Lipinski definition) is 0. The largest absolute Gasteiger partial charge is 0.493 e. The molecule has 0 N–H and O–H groups in total. The van der Waals surface area contributed by atoms with Gasteiger partial charge < -0.3 is 9.64 Å². The number of aromatic nitrogens is 2. The normalized spacial score (nSPS) is 18.2. The average molecular weight is 387 g/mol. The molecule has 0 saturated carbocycles. The van der Waals surface area contributed by atoms with Crippen molar-refractivity contribution in [2.75, 3.05) is 19.7 Å². The van der Waals surface area contributed by atoms with E-state index in [1.807, 2.05) is 23.4 Å². The van der Waals surface area contributed by atoms with Gasteiger partial charge >= 0.3 is 0 Å². The van der Waals surface area contributed by atoms with Crippen LogP contribution < -0.4 is 4.74 Å². The van der Waals surface area contributed by atoms with E-state index in [0.717, 1.165) is 30.8 Å². The predicted octanol–water partition coefficient (Wildman–Crippen LogP) is 3.90. The van der Waals surface area contributed by atoms with Crippen molar-refractivity contribution >= 4 is 5.91 Å². The summed E-state index contributed by atoms with van der Waals surface area (Å²) < 4.78 is 20.7. The number of nitrogens with zero attached hydrogens (tertiary/aromatic N) is 3. The van der Waals surface area contributed by atoms with Gasteiger partial charge in [0.05, 0.1) is 24.8 Å². The van der Waals surface area contributed by atoms with Crippen molar-refractivity contribution in [3.05, 3.63) is 47.0 Å². The van der Waals surface area contributed by atoms with E-state index < -0.39 is 0 Å². The SMILES string of the molecule is Cc1nn(C[C@H](C)C(=O)N2CCC[C@H](COc3ccc(F)cc3)C2)c(C)c1C. The summed E-state index contributed by atoms with van der Waals surface area (Å²) in [6.45, 7) is 10.8. The Kier molecular flexibility index (Phi) is 6.37. The van der Waals surface area contributed by atoms with Crippen LogP contribution in [-0.2, 0) is 11.3 Å². The lowest BCUT2D eigenvalue weighted by molar-refractivity contribution is -0.137. The molecule has 2 atom stereocenters. The van der Waals surface area contributed by atoms with Crippen molar-refractivity contribution in [1.82, 2.24) is 14.7 Å². The van der Waals surface area contributed by atoms with Gasteiger partial charge in [0.2, 0.25) is 5.91 Å². The number of ether oxygens (including phenoxy) is 1. The lowest BCUT2D eigenvalue weighted by atomic mass is 9.97. The van der Waals surface area contributed by atoms with Gasteiger partial charge in [-0.1, -0.05) is 6.92 Å². The number of aryl methyl sites for hydroxylation is 1. The summed E-state index contributed by atoms with van der Waals surface area (Å²) in [5.74, 6) is 0.753. The molecule has 0 radical (unpaired) electrons. The van der Waals surface area contributed by atoms with Crippen LogP contribution in [0.4, 0.5) is 4.39 Å². The maximum Gasteiger partial charge on any atom is 0.227 e. The van der Waals surface area contributed by atoms with Crippen LogP contribution in [0.15, 0.2) is 24.3 Å². The highest BCUT2D eigenvalue weighted by Crippen LogP contribution is 2.21. The van der Waals surface area contributed by atoms with Gasteiger partial charge in [-0.3, -0.25) is 9.48 Å². The van der Waals surface area contributed by atoms with E-state index in [2.05, 4.69) is 18.9 Å². The van der Waals surface area contributed by atoms with Crippen molar-refractivity contribution in [2.24, 2.45) is 11.8 Å². The molecule has 0 aliphatic carbocycles. The number of hydrogen-bond acceptors (Lipinski definition) is 3. The minimum absolute atomic E-state index is 0.117. The van der Waals surface area contributed by atoms with Gasteiger partial charge in [-0.15, -0.1) is 0 Å². The summed E-state index contributed by atoms with van der Waals surface area (Å²) in [6, 6.07) is 6.07. The smallest absolute Gasteiger partial charge is 0.227 e. The highest BCUT2D eigenvalue weighted by Gasteiger charge is 2.28. The first-order valence-corrected chi connectivity index (χ1v) is 10.0. The average Bonchev–Trinajstić information content (AvgIpc) is 2.93. The molecule has 1 aromatic carbocycles. The molecule has 0 unspecified atom stereocenters. The van der Waals surface area contributed by atoms with E-state index in [-0.39, 0.29) is 17.6 Å². The number of benzene rings is 1. The highest BCUT2D eigenvalue weighted by molar-refractivity contribution is 5.78. The van der Waals surface area contributed by atoms with E-state index >= 15 is 0 Å². The molecule has 0 bridgehead atoms. The molecule has 1 amide bonds. The first-order chi connectivity index (χ1) is 13.3. The molecule has 6 heteroatoms. The lowest BCUT2D eigenvalue weighted by Gasteiger charge is -2.34. The second kappa shape index (κ2) is 8.76. The third-order valence-corrected chi connectivity index (χ3v) is 5.74. The third kappa shape index (κ3) is 4.72. The quantitative estimate of drug-likeness (QED) is 0.755. The Morgan fingerprint density at radius 3 is 2.64 bits per heavy atom. The summed E-state index contributed by atoms with van der Waals surface area (Å²) in [5, 5.41) is 4.56. The fourth-order valence-corrected chi connectivity index (χ4v) is 3.76. The molecule has 1 fully saturated rings. The van der Waals surface area contributed by atoms with Crippen molar-refractivity contribution in [2.45, 2.75) is 47.1 Å².